The van der Waals surface area contributed by atoms with E-state index in [-0.39, 0.29) is 0 Å². The second kappa shape index (κ2) is 5.88. The van der Waals surface area contributed by atoms with Crippen LogP contribution in [-0.4, -0.2) is 19.7 Å². The molecule has 2 aromatic heterocycles. The van der Waals surface area contributed by atoms with E-state index in [1.54, 1.807) is 6.20 Å². The topological polar surface area (TPSA) is 43.6 Å². The van der Waals surface area contributed by atoms with Crippen LogP contribution in [0.3, 0.4) is 0 Å². The number of aromatic nitrogens is 4. The Labute approximate surface area is 122 Å². The summed E-state index contributed by atoms with van der Waals surface area (Å²) in [6.07, 6.45) is 5.35. The number of halogens is 2. The van der Waals surface area contributed by atoms with E-state index in [1.165, 1.54) is 0 Å². The molecule has 6 heteroatoms. The maximum absolute atomic E-state index is 6.17. The summed E-state index contributed by atoms with van der Waals surface area (Å²) in [6, 6.07) is 0.291. The highest BCUT2D eigenvalue weighted by atomic mass is 35.5. The molecule has 0 fully saturated rings. The van der Waals surface area contributed by atoms with Crippen LogP contribution in [0.15, 0.2) is 12.4 Å². The van der Waals surface area contributed by atoms with Crippen LogP contribution in [0.5, 0.6) is 0 Å². The molecule has 2 heterocycles. The van der Waals surface area contributed by atoms with Crippen LogP contribution in [-0.2, 0) is 6.42 Å². The van der Waals surface area contributed by atoms with Gasteiger partial charge in [0.25, 0.3) is 0 Å². The number of hydrogen-bond acceptors (Lipinski definition) is 3. The molecule has 0 aromatic carbocycles. The summed E-state index contributed by atoms with van der Waals surface area (Å²) < 4.78 is 1.85. The summed E-state index contributed by atoms with van der Waals surface area (Å²) in [4.78, 5) is 8.62. The normalized spacial score (nSPS) is 11.3. The van der Waals surface area contributed by atoms with Crippen molar-refractivity contribution in [3.05, 3.63) is 28.3 Å². The fourth-order valence-corrected chi connectivity index (χ4v) is 2.33. The molecule has 0 atom stereocenters. The first-order valence-corrected chi connectivity index (χ1v) is 7.05. The highest BCUT2D eigenvalue weighted by Gasteiger charge is 2.13. The molecule has 0 saturated heterocycles. The van der Waals surface area contributed by atoms with E-state index in [2.05, 4.69) is 35.8 Å². The molecule has 4 nitrogen and oxygen atoms in total. The fourth-order valence-electron chi connectivity index (χ4n) is 1.75. The molecule has 0 bridgehead atoms. The van der Waals surface area contributed by atoms with Gasteiger partial charge in [-0.05, 0) is 20.3 Å². The summed E-state index contributed by atoms with van der Waals surface area (Å²) >= 11 is 12.3. The zero-order chi connectivity index (χ0) is 14.0. The summed E-state index contributed by atoms with van der Waals surface area (Å²) in [5.74, 6) is 0.516. The largest absolute Gasteiger partial charge is 0.270 e. The minimum Gasteiger partial charge on any atom is -0.270 e. The van der Waals surface area contributed by atoms with Crippen molar-refractivity contribution in [3.8, 4) is 11.4 Å². The van der Waals surface area contributed by atoms with Gasteiger partial charge >= 0.3 is 0 Å². The lowest BCUT2D eigenvalue weighted by Gasteiger charge is -2.06. The molecule has 0 aliphatic rings. The second-order valence-electron chi connectivity index (χ2n) is 4.66. The fraction of sp³-hybridized carbons (Fsp3) is 0.462. The minimum atomic E-state index is 0.291. The Bertz CT molecular complexity index is 555. The van der Waals surface area contributed by atoms with E-state index in [4.69, 9.17) is 23.2 Å². The van der Waals surface area contributed by atoms with Crippen molar-refractivity contribution in [1.82, 2.24) is 19.7 Å². The monoisotopic (exact) mass is 298 g/mol. The quantitative estimate of drug-likeness (QED) is 0.795. The predicted octanol–water partition coefficient (Wildman–Crippen LogP) is 4.18. The molecule has 0 spiro atoms. The van der Waals surface area contributed by atoms with Gasteiger partial charge in [-0.3, -0.25) is 4.68 Å². The van der Waals surface area contributed by atoms with Crippen molar-refractivity contribution in [2.24, 2.45) is 0 Å². The van der Waals surface area contributed by atoms with Gasteiger partial charge < -0.3 is 0 Å². The van der Waals surface area contributed by atoms with Crippen LogP contribution in [0.2, 0.25) is 10.3 Å². The van der Waals surface area contributed by atoms with E-state index in [0.717, 1.165) is 24.0 Å². The van der Waals surface area contributed by atoms with Crippen molar-refractivity contribution in [3.63, 3.8) is 0 Å². The summed E-state index contributed by atoms with van der Waals surface area (Å²) in [6.45, 7) is 6.18. The molecular formula is C13H16Cl2N4. The van der Waals surface area contributed by atoms with E-state index < -0.39 is 0 Å². The average molecular weight is 299 g/mol. The van der Waals surface area contributed by atoms with Crippen molar-refractivity contribution < 1.29 is 0 Å². The first-order valence-electron chi connectivity index (χ1n) is 6.29. The molecule has 2 aromatic rings. The van der Waals surface area contributed by atoms with Gasteiger partial charge in [0.2, 0.25) is 0 Å². The highest BCUT2D eigenvalue weighted by Crippen LogP contribution is 2.26. The molecule has 0 unspecified atom stereocenters. The maximum Gasteiger partial charge on any atom is 0.165 e. The van der Waals surface area contributed by atoms with Gasteiger partial charge in [-0.25, -0.2) is 9.97 Å². The van der Waals surface area contributed by atoms with E-state index in [0.29, 0.717) is 22.2 Å². The first-order chi connectivity index (χ1) is 9.02. The third kappa shape index (κ3) is 3.07. The Kier molecular flexibility index (Phi) is 4.42. The predicted molar refractivity (Wildman–Crippen MR) is 77.7 cm³/mol. The van der Waals surface area contributed by atoms with Gasteiger partial charge in [0.1, 0.15) is 10.3 Å². The molecule has 0 amide bonds. The third-order valence-corrected chi connectivity index (χ3v) is 3.42. The average Bonchev–Trinajstić information content (AvgIpc) is 2.83. The molecular weight excluding hydrogens is 283 g/mol. The summed E-state index contributed by atoms with van der Waals surface area (Å²) in [5, 5.41) is 5.11. The van der Waals surface area contributed by atoms with Crippen LogP contribution in [0.25, 0.3) is 11.4 Å². The maximum atomic E-state index is 6.17. The van der Waals surface area contributed by atoms with Gasteiger partial charge in [-0.1, -0.05) is 36.5 Å². The number of nitrogens with zero attached hydrogens (tertiary/aromatic N) is 4. The van der Waals surface area contributed by atoms with Crippen molar-refractivity contribution >= 4 is 23.2 Å². The second-order valence-corrected chi connectivity index (χ2v) is 5.38. The lowest BCUT2D eigenvalue weighted by atomic mass is 10.2. The highest BCUT2D eigenvalue weighted by molar-refractivity contribution is 6.34. The van der Waals surface area contributed by atoms with Crippen LogP contribution in [0.4, 0.5) is 0 Å². The van der Waals surface area contributed by atoms with Crippen LogP contribution in [0, 0.1) is 0 Å². The van der Waals surface area contributed by atoms with Crippen molar-refractivity contribution in [2.75, 3.05) is 0 Å². The van der Waals surface area contributed by atoms with Gasteiger partial charge in [0.05, 0.1) is 11.8 Å². The SMILES string of the molecule is CCCc1c(Cl)nc(-c2cnn(C(C)C)c2)nc1Cl. The van der Waals surface area contributed by atoms with Crippen molar-refractivity contribution in [1.29, 1.82) is 0 Å². The Morgan fingerprint density at radius 2 is 1.84 bits per heavy atom. The molecule has 0 radical (unpaired) electrons. The first kappa shape index (κ1) is 14.3. The molecule has 0 aliphatic heterocycles. The molecule has 0 N–H and O–H groups in total. The zero-order valence-electron chi connectivity index (χ0n) is 11.2. The smallest absolute Gasteiger partial charge is 0.165 e. The molecule has 0 saturated carbocycles. The standard InChI is InChI=1S/C13H16Cl2N4/c1-4-5-10-11(14)17-13(18-12(10)15)9-6-16-19(7-9)8(2)3/h6-8H,4-5H2,1-3H3. The lowest BCUT2D eigenvalue weighted by Crippen LogP contribution is -2.00. The summed E-state index contributed by atoms with van der Waals surface area (Å²) in [5.41, 5.74) is 1.63. The Balaban J connectivity index is 2.40. The molecule has 0 aliphatic carbocycles. The van der Waals surface area contributed by atoms with Gasteiger partial charge in [-0.15, -0.1) is 0 Å². The van der Waals surface area contributed by atoms with E-state index >= 15 is 0 Å². The third-order valence-electron chi connectivity index (χ3n) is 2.79. The molecule has 19 heavy (non-hydrogen) atoms. The summed E-state index contributed by atoms with van der Waals surface area (Å²) in [7, 11) is 0. The number of hydrogen-bond donors (Lipinski definition) is 0. The Hall–Kier alpha value is -1.13. The van der Waals surface area contributed by atoms with E-state index in [1.807, 2.05) is 10.9 Å². The van der Waals surface area contributed by atoms with Crippen molar-refractivity contribution in [2.45, 2.75) is 39.7 Å². The van der Waals surface area contributed by atoms with Gasteiger partial charge in [-0.2, -0.15) is 5.10 Å². The van der Waals surface area contributed by atoms with Gasteiger partial charge in [0, 0.05) is 17.8 Å². The van der Waals surface area contributed by atoms with Crippen LogP contribution in [0.1, 0.15) is 38.8 Å². The van der Waals surface area contributed by atoms with E-state index in [9.17, 15) is 0 Å². The molecule has 2 rings (SSSR count). The Morgan fingerprint density at radius 3 is 2.32 bits per heavy atom. The van der Waals surface area contributed by atoms with Crippen LogP contribution < -0.4 is 0 Å². The van der Waals surface area contributed by atoms with Gasteiger partial charge in [0.15, 0.2) is 5.82 Å². The molecule has 102 valence electrons. The minimum absolute atomic E-state index is 0.291. The lowest BCUT2D eigenvalue weighted by molar-refractivity contribution is 0.532. The zero-order valence-corrected chi connectivity index (χ0v) is 12.7. The van der Waals surface area contributed by atoms with Crippen LogP contribution >= 0.6 is 23.2 Å². The Morgan fingerprint density at radius 1 is 1.21 bits per heavy atom. The number of rotatable bonds is 4.